The minimum absolute atomic E-state index is 0.137. The highest BCUT2D eigenvalue weighted by Gasteiger charge is 2.29. The highest BCUT2D eigenvalue weighted by Crippen LogP contribution is 2.33. The number of ether oxygens (including phenoxy) is 1. The van der Waals surface area contributed by atoms with Crippen LogP contribution in [0.3, 0.4) is 0 Å². The lowest BCUT2D eigenvalue weighted by Gasteiger charge is -2.40. The molecule has 38 heavy (non-hydrogen) atoms. The van der Waals surface area contributed by atoms with Gasteiger partial charge in [-0.3, -0.25) is 14.7 Å². The van der Waals surface area contributed by atoms with Crippen molar-refractivity contribution in [3.63, 3.8) is 0 Å². The van der Waals surface area contributed by atoms with Crippen LogP contribution in [0.2, 0.25) is 0 Å². The Morgan fingerprint density at radius 3 is 2.76 bits per heavy atom. The van der Waals surface area contributed by atoms with Crippen LogP contribution in [-0.2, 0) is 19.6 Å². The Labute approximate surface area is 218 Å². The van der Waals surface area contributed by atoms with Crippen LogP contribution in [0, 0.1) is 11.6 Å². The minimum atomic E-state index is -1.08. The summed E-state index contributed by atoms with van der Waals surface area (Å²) in [5.41, 5.74) is 8.41. The van der Waals surface area contributed by atoms with Gasteiger partial charge in [0.1, 0.15) is 12.4 Å². The van der Waals surface area contributed by atoms with E-state index in [0.717, 1.165) is 43.2 Å². The number of rotatable bonds is 6. The predicted molar refractivity (Wildman–Crippen MR) is 141 cm³/mol. The number of nitrogens with two attached hydrogens (primary N) is 1. The van der Waals surface area contributed by atoms with Gasteiger partial charge < -0.3 is 19.9 Å². The number of hydrogen-bond donors (Lipinski definition) is 1. The Hall–Kier alpha value is -4.05. The van der Waals surface area contributed by atoms with E-state index in [4.69, 9.17) is 10.5 Å². The molecular weight excluding hydrogens is 490 g/mol. The molecule has 8 nitrogen and oxygen atoms in total. The van der Waals surface area contributed by atoms with Crippen LogP contribution >= 0.6 is 0 Å². The number of piperidine rings is 1. The maximum absolute atomic E-state index is 14.4. The molecule has 1 fully saturated rings. The molecule has 196 valence electrons. The number of aromatic nitrogens is 3. The Morgan fingerprint density at radius 2 is 1.97 bits per heavy atom. The minimum Gasteiger partial charge on any atom is -0.486 e. The molecule has 4 aromatic rings. The quantitative estimate of drug-likeness (QED) is 0.416. The van der Waals surface area contributed by atoms with E-state index in [1.165, 1.54) is 0 Å². The lowest BCUT2D eigenvalue weighted by molar-refractivity contribution is 0.158. The van der Waals surface area contributed by atoms with Crippen LogP contribution in [0.25, 0.3) is 10.9 Å². The van der Waals surface area contributed by atoms with Gasteiger partial charge >= 0.3 is 0 Å². The highest BCUT2D eigenvalue weighted by molar-refractivity contribution is 5.86. The molecule has 0 spiro atoms. The summed E-state index contributed by atoms with van der Waals surface area (Å²) in [5, 5.41) is 0.137. The van der Waals surface area contributed by atoms with Gasteiger partial charge in [0, 0.05) is 56.4 Å². The zero-order valence-corrected chi connectivity index (χ0v) is 20.8. The fraction of sp³-hybridized carbons (Fsp3) is 0.321. The van der Waals surface area contributed by atoms with Gasteiger partial charge in [-0.1, -0.05) is 0 Å². The highest BCUT2D eigenvalue weighted by atomic mass is 19.2. The van der Waals surface area contributed by atoms with E-state index in [1.807, 2.05) is 22.8 Å². The topological polar surface area (TPSA) is 89.5 Å². The van der Waals surface area contributed by atoms with E-state index in [1.54, 1.807) is 30.9 Å². The molecule has 1 saturated heterocycles. The van der Waals surface area contributed by atoms with Crippen LogP contribution in [-0.4, -0.2) is 45.2 Å². The van der Waals surface area contributed by atoms with Crippen LogP contribution in [0.4, 0.5) is 20.3 Å². The molecule has 1 aromatic carbocycles. The molecule has 0 amide bonds. The van der Waals surface area contributed by atoms with Gasteiger partial charge in [-0.15, -0.1) is 0 Å². The van der Waals surface area contributed by atoms with Crippen molar-refractivity contribution in [3.8, 4) is 5.75 Å². The van der Waals surface area contributed by atoms with E-state index in [-0.39, 0.29) is 29.2 Å². The van der Waals surface area contributed by atoms with E-state index in [0.29, 0.717) is 36.5 Å². The van der Waals surface area contributed by atoms with Gasteiger partial charge in [0.25, 0.3) is 0 Å². The van der Waals surface area contributed by atoms with E-state index in [9.17, 15) is 13.6 Å². The molecule has 0 saturated carbocycles. The average Bonchev–Trinajstić information content (AvgIpc) is 2.94. The van der Waals surface area contributed by atoms with Crippen molar-refractivity contribution in [2.24, 2.45) is 0 Å². The first kappa shape index (κ1) is 24.3. The second-order valence-electron chi connectivity index (χ2n) is 9.87. The number of halogens is 2. The lowest BCUT2D eigenvalue weighted by Crippen LogP contribution is -2.48. The maximum atomic E-state index is 14.4. The van der Waals surface area contributed by atoms with Crippen molar-refractivity contribution in [3.05, 3.63) is 88.1 Å². The van der Waals surface area contributed by atoms with Crippen molar-refractivity contribution in [2.45, 2.75) is 38.5 Å². The molecule has 0 bridgehead atoms. The summed E-state index contributed by atoms with van der Waals surface area (Å²) >= 11 is 0. The van der Waals surface area contributed by atoms with Crippen molar-refractivity contribution in [1.82, 2.24) is 19.4 Å². The van der Waals surface area contributed by atoms with E-state index in [2.05, 4.69) is 19.8 Å². The van der Waals surface area contributed by atoms with Crippen LogP contribution < -0.4 is 20.8 Å². The SMILES string of the molecule is Nc1ccc(N2CCCC(N(Cc3ccncc3)Cc3cn4c5c(c(F)c(F)cc5c3=O)OCC4)C2)cn1. The lowest BCUT2D eigenvalue weighted by atomic mass is 10.0. The van der Waals surface area contributed by atoms with Gasteiger partial charge in [-0.05, 0) is 48.7 Å². The molecular formula is C28H28F2N6O2. The number of anilines is 2. The molecule has 2 aliphatic rings. The fourth-order valence-corrected chi connectivity index (χ4v) is 5.53. The standard InChI is InChI=1S/C28H28F2N6O2/c29-23-12-22-26-28(25(23)30)38-11-10-35(26)15-19(27(22)37)16-36(14-18-5-7-32-8-6-18)21-2-1-9-34(17-21)20-3-4-24(31)33-13-20/h3-8,12-13,15,21H,1-2,9-11,14,16-17H2,(H2,31,33). The smallest absolute Gasteiger partial charge is 0.202 e. The summed E-state index contributed by atoms with van der Waals surface area (Å²) in [6, 6.07) is 8.86. The monoisotopic (exact) mass is 518 g/mol. The van der Waals surface area contributed by atoms with Crippen molar-refractivity contribution < 1.29 is 13.5 Å². The molecule has 6 rings (SSSR count). The number of hydrogen-bond acceptors (Lipinski definition) is 7. The van der Waals surface area contributed by atoms with E-state index >= 15 is 0 Å². The predicted octanol–water partition coefficient (Wildman–Crippen LogP) is 3.72. The van der Waals surface area contributed by atoms with Crippen molar-refractivity contribution in [2.75, 3.05) is 30.3 Å². The average molecular weight is 519 g/mol. The molecule has 2 aliphatic heterocycles. The maximum Gasteiger partial charge on any atom is 0.202 e. The summed E-state index contributed by atoms with van der Waals surface area (Å²) in [6.07, 6.45) is 9.03. The van der Waals surface area contributed by atoms with E-state index < -0.39 is 11.6 Å². The first-order valence-corrected chi connectivity index (χ1v) is 12.7. The number of benzene rings is 1. The van der Waals surface area contributed by atoms with Crippen LogP contribution in [0.5, 0.6) is 5.75 Å². The normalized spacial score (nSPS) is 17.1. The van der Waals surface area contributed by atoms with Crippen LogP contribution in [0.1, 0.15) is 24.0 Å². The Balaban J connectivity index is 1.37. The number of nitrogens with zero attached hydrogens (tertiary/aromatic N) is 5. The molecule has 0 radical (unpaired) electrons. The van der Waals surface area contributed by atoms with Gasteiger partial charge in [0.05, 0.1) is 29.3 Å². The molecule has 1 unspecified atom stereocenters. The van der Waals surface area contributed by atoms with Gasteiger partial charge in [0.2, 0.25) is 5.82 Å². The van der Waals surface area contributed by atoms with Gasteiger partial charge in [-0.25, -0.2) is 9.37 Å². The van der Waals surface area contributed by atoms with Gasteiger partial charge in [0.15, 0.2) is 17.0 Å². The molecule has 3 aromatic heterocycles. The summed E-state index contributed by atoms with van der Waals surface area (Å²) < 4.78 is 36.0. The largest absolute Gasteiger partial charge is 0.486 e. The third kappa shape index (κ3) is 4.56. The first-order chi connectivity index (χ1) is 18.5. The number of pyridine rings is 3. The summed E-state index contributed by atoms with van der Waals surface area (Å²) in [6.45, 7) is 3.31. The summed E-state index contributed by atoms with van der Waals surface area (Å²) in [4.78, 5) is 26.6. The Morgan fingerprint density at radius 1 is 1.13 bits per heavy atom. The second-order valence-corrected chi connectivity index (χ2v) is 9.87. The van der Waals surface area contributed by atoms with Crippen molar-refractivity contribution >= 4 is 22.4 Å². The van der Waals surface area contributed by atoms with Crippen LogP contribution in [0.15, 0.2) is 59.9 Å². The summed E-state index contributed by atoms with van der Waals surface area (Å²) in [7, 11) is 0. The third-order valence-corrected chi connectivity index (χ3v) is 7.42. The Kier molecular flexibility index (Phi) is 6.40. The molecule has 2 N–H and O–H groups in total. The van der Waals surface area contributed by atoms with Gasteiger partial charge in [-0.2, -0.15) is 4.39 Å². The molecule has 5 heterocycles. The second kappa shape index (κ2) is 10.0. The number of nitrogen functional groups attached to an aromatic ring is 1. The first-order valence-electron chi connectivity index (χ1n) is 12.7. The Bertz CT molecular complexity index is 1530. The molecule has 10 heteroatoms. The third-order valence-electron chi connectivity index (χ3n) is 7.42. The molecule has 0 aliphatic carbocycles. The fourth-order valence-electron chi connectivity index (χ4n) is 5.53. The zero-order valence-electron chi connectivity index (χ0n) is 20.8. The summed E-state index contributed by atoms with van der Waals surface area (Å²) in [5.74, 6) is -1.85. The molecule has 1 atom stereocenters. The zero-order chi connectivity index (χ0) is 26.2. The van der Waals surface area contributed by atoms with Crippen molar-refractivity contribution in [1.29, 1.82) is 0 Å².